The van der Waals surface area contributed by atoms with Gasteiger partial charge in [-0.3, -0.25) is 9.69 Å². The molecule has 0 radical (unpaired) electrons. The van der Waals surface area contributed by atoms with Crippen LogP contribution in [0.4, 0.5) is 5.13 Å². The molecule has 36 heavy (non-hydrogen) atoms. The maximum absolute atomic E-state index is 13.5. The number of fused-ring (bicyclic) bond motifs is 1. The van der Waals surface area contributed by atoms with E-state index in [1.807, 2.05) is 19.0 Å². The topological polar surface area (TPSA) is 108 Å². The van der Waals surface area contributed by atoms with Crippen molar-refractivity contribution in [3.05, 3.63) is 48.0 Å². The molecule has 0 aliphatic carbocycles. The van der Waals surface area contributed by atoms with Crippen molar-refractivity contribution in [2.45, 2.75) is 23.6 Å². The summed E-state index contributed by atoms with van der Waals surface area (Å²) in [7, 11) is -3.21. The van der Waals surface area contributed by atoms with Crippen molar-refractivity contribution in [3.8, 4) is 0 Å². The van der Waals surface area contributed by atoms with Gasteiger partial charge >= 0.3 is 0 Å². The second-order valence-electron chi connectivity index (χ2n) is 8.27. The molecule has 1 heterocycles. The molecular formula is C23H31ClN4O5S3. The average Bonchev–Trinajstić information content (AvgIpc) is 3.22. The first-order valence-corrected chi connectivity index (χ1v) is 15.2. The maximum Gasteiger partial charge on any atom is 0.260 e. The lowest BCUT2D eigenvalue weighted by molar-refractivity contribution is 0.0985. The van der Waals surface area contributed by atoms with E-state index in [1.54, 1.807) is 30.9 Å². The molecule has 0 fully saturated rings. The minimum Gasteiger partial charge on any atom is -0.308 e. The van der Waals surface area contributed by atoms with Crippen molar-refractivity contribution in [2.24, 2.45) is 0 Å². The van der Waals surface area contributed by atoms with Crippen LogP contribution in [0.5, 0.6) is 0 Å². The number of halogens is 1. The van der Waals surface area contributed by atoms with Gasteiger partial charge < -0.3 is 4.90 Å². The number of sulfonamides is 1. The second kappa shape index (κ2) is 12.0. The van der Waals surface area contributed by atoms with Gasteiger partial charge in [-0.2, -0.15) is 4.31 Å². The zero-order chi connectivity index (χ0) is 26.0. The van der Waals surface area contributed by atoms with Crippen LogP contribution in [0.3, 0.4) is 0 Å². The van der Waals surface area contributed by atoms with Crippen LogP contribution in [0.25, 0.3) is 10.2 Å². The molecule has 198 valence electrons. The molecule has 2 aromatic carbocycles. The highest BCUT2D eigenvalue weighted by molar-refractivity contribution is 7.90. The summed E-state index contributed by atoms with van der Waals surface area (Å²) in [4.78, 5) is 21.9. The van der Waals surface area contributed by atoms with E-state index in [1.165, 1.54) is 46.0 Å². The van der Waals surface area contributed by atoms with Crippen molar-refractivity contribution >= 4 is 64.9 Å². The lowest BCUT2D eigenvalue weighted by atomic mass is 10.2. The highest BCUT2D eigenvalue weighted by Gasteiger charge is 2.25. The number of amides is 1. The third-order valence-corrected chi connectivity index (χ3v) is 9.68. The third kappa shape index (κ3) is 6.61. The summed E-state index contributed by atoms with van der Waals surface area (Å²) in [6.45, 7) is 5.19. The number of benzene rings is 2. The fourth-order valence-corrected chi connectivity index (χ4v) is 6.67. The summed E-state index contributed by atoms with van der Waals surface area (Å²) in [5, 5.41) is 0.442. The van der Waals surface area contributed by atoms with Crippen molar-refractivity contribution in [1.82, 2.24) is 14.2 Å². The Hall–Kier alpha value is -2.09. The molecule has 0 aliphatic rings. The summed E-state index contributed by atoms with van der Waals surface area (Å²) in [6, 6.07) is 10.6. The minimum atomic E-state index is -3.63. The van der Waals surface area contributed by atoms with Crippen molar-refractivity contribution in [1.29, 1.82) is 0 Å². The molecule has 9 nitrogen and oxygen atoms in total. The minimum absolute atomic E-state index is 0. The van der Waals surface area contributed by atoms with Crippen LogP contribution < -0.4 is 4.90 Å². The first-order chi connectivity index (χ1) is 16.4. The number of rotatable bonds is 10. The van der Waals surface area contributed by atoms with Gasteiger partial charge in [0.2, 0.25) is 10.0 Å². The normalized spacial score (nSPS) is 12.2. The van der Waals surface area contributed by atoms with E-state index in [-0.39, 0.29) is 28.1 Å². The lowest BCUT2D eigenvalue weighted by Crippen LogP contribution is -2.36. The van der Waals surface area contributed by atoms with E-state index in [2.05, 4.69) is 4.98 Å². The predicted molar refractivity (Wildman–Crippen MR) is 147 cm³/mol. The van der Waals surface area contributed by atoms with E-state index < -0.39 is 19.9 Å². The Bertz CT molecular complexity index is 1420. The zero-order valence-corrected chi connectivity index (χ0v) is 24.1. The van der Waals surface area contributed by atoms with Crippen LogP contribution in [-0.4, -0.2) is 83.5 Å². The summed E-state index contributed by atoms with van der Waals surface area (Å²) >= 11 is 1.24. The monoisotopic (exact) mass is 574 g/mol. The van der Waals surface area contributed by atoms with Gasteiger partial charge in [0.15, 0.2) is 15.0 Å². The molecular weight excluding hydrogens is 544 g/mol. The van der Waals surface area contributed by atoms with Crippen molar-refractivity contribution in [3.63, 3.8) is 0 Å². The standard InChI is InChI=1S/C23H30N4O5S3.ClH/c1-6-26(7-2)35(31,32)18-10-8-17(9-11-18)22(28)27(15-14-25(3)4)23-24-20-13-12-19(34(5,29)30)16-21(20)33-23;/h8-13,16H,6-7,14-15H2,1-5H3;1H. The Morgan fingerprint density at radius 2 is 1.50 bits per heavy atom. The highest BCUT2D eigenvalue weighted by Crippen LogP contribution is 2.31. The average molecular weight is 575 g/mol. The number of carbonyl (C=O) groups is 1. The number of thiazole rings is 1. The molecule has 3 aromatic rings. The second-order valence-corrected chi connectivity index (χ2v) is 13.2. The maximum atomic E-state index is 13.5. The Morgan fingerprint density at radius 1 is 0.917 bits per heavy atom. The van der Waals surface area contributed by atoms with Crippen LogP contribution in [0.1, 0.15) is 24.2 Å². The molecule has 1 aromatic heterocycles. The van der Waals surface area contributed by atoms with Gasteiger partial charge in [-0.15, -0.1) is 12.4 Å². The Labute approximate surface area is 223 Å². The highest BCUT2D eigenvalue weighted by atomic mass is 35.5. The molecule has 0 bridgehead atoms. The van der Waals surface area contributed by atoms with Gasteiger partial charge in [0.25, 0.3) is 5.91 Å². The molecule has 0 atom stereocenters. The first-order valence-electron chi connectivity index (χ1n) is 11.1. The van der Waals surface area contributed by atoms with Gasteiger partial charge in [-0.1, -0.05) is 25.2 Å². The fourth-order valence-electron chi connectivity index (χ4n) is 3.46. The molecule has 1 amide bonds. The van der Waals surface area contributed by atoms with E-state index in [0.717, 1.165) is 6.26 Å². The SMILES string of the molecule is CCN(CC)S(=O)(=O)c1ccc(C(=O)N(CCN(C)C)c2nc3ccc(S(C)(=O)=O)cc3s2)cc1.Cl. The van der Waals surface area contributed by atoms with E-state index in [0.29, 0.717) is 47.1 Å². The Morgan fingerprint density at radius 3 is 2.03 bits per heavy atom. The molecule has 0 unspecified atom stereocenters. The van der Waals surface area contributed by atoms with E-state index >= 15 is 0 Å². The number of hydrogen-bond donors (Lipinski definition) is 0. The number of carbonyl (C=O) groups excluding carboxylic acids is 1. The molecule has 13 heteroatoms. The predicted octanol–water partition coefficient (Wildman–Crippen LogP) is 3.36. The number of aromatic nitrogens is 1. The number of nitrogens with zero attached hydrogens (tertiary/aromatic N) is 4. The number of hydrogen-bond acceptors (Lipinski definition) is 8. The van der Waals surface area contributed by atoms with Gasteiger partial charge in [0.05, 0.1) is 20.0 Å². The smallest absolute Gasteiger partial charge is 0.260 e. The fraction of sp³-hybridized carbons (Fsp3) is 0.391. The summed E-state index contributed by atoms with van der Waals surface area (Å²) in [5.41, 5.74) is 0.930. The first kappa shape index (κ1) is 30.1. The quantitative estimate of drug-likeness (QED) is 0.365. The third-order valence-electron chi connectivity index (χ3n) is 5.47. The van der Waals surface area contributed by atoms with Crippen LogP contribution in [0.2, 0.25) is 0 Å². The Kier molecular flexibility index (Phi) is 10.0. The van der Waals surface area contributed by atoms with Crippen molar-refractivity contribution < 1.29 is 21.6 Å². The van der Waals surface area contributed by atoms with E-state index in [4.69, 9.17) is 0 Å². The molecule has 0 N–H and O–H groups in total. The number of anilines is 1. The molecule has 0 saturated carbocycles. The number of sulfone groups is 1. The van der Waals surface area contributed by atoms with Crippen LogP contribution in [-0.2, 0) is 19.9 Å². The van der Waals surface area contributed by atoms with Crippen LogP contribution >= 0.6 is 23.7 Å². The van der Waals surface area contributed by atoms with Gasteiger partial charge in [0.1, 0.15) is 0 Å². The van der Waals surface area contributed by atoms with Crippen LogP contribution in [0, 0.1) is 0 Å². The summed E-state index contributed by atoms with van der Waals surface area (Å²) in [5.74, 6) is -0.318. The van der Waals surface area contributed by atoms with Gasteiger partial charge in [0, 0.05) is 38.0 Å². The number of likely N-dealkylation sites (N-methyl/N-ethyl adjacent to an activating group) is 1. The van der Waals surface area contributed by atoms with Crippen LogP contribution in [0.15, 0.2) is 52.3 Å². The summed E-state index contributed by atoms with van der Waals surface area (Å²) < 4.78 is 51.4. The van der Waals surface area contributed by atoms with Gasteiger partial charge in [-0.25, -0.2) is 21.8 Å². The van der Waals surface area contributed by atoms with Gasteiger partial charge in [-0.05, 0) is 56.6 Å². The molecule has 3 rings (SSSR count). The largest absolute Gasteiger partial charge is 0.308 e. The van der Waals surface area contributed by atoms with Crippen molar-refractivity contribution in [2.75, 3.05) is 51.4 Å². The molecule has 0 aliphatic heterocycles. The molecule has 0 spiro atoms. The lowest BCUT2D eigenvalue weighted by Gasteiger charge is -2.22. The summed E-state index contributed by atoms with van der Waals surface area (Å²) in [6.07, 6.45) is 1.15. The van der Waals surface area contributed by atoms with E-state index in [9.17, 15) is 21.6 Å². The zero-order valence-electron chi connectivity index (χ0n) is 20.8. The molecule has 0 saturated heterocycles. The Balaban J connectivity index is 0.00000456.